The van der Waals surface area contributed by atoms with Crippen molar-refractivity contribution in [3.63, 3.8) is 0 Å². The van der Waals surface area contributed by atoms with Gasteiger partial charge >= 0.3 is 0 Å². The fourth-order valence-electron chi connectivity index (χ4n) is 2.08. The minimum absolute atomic E-state index is 0.236. The fraction of sp³-hybridized carbons (Fsp3) is 0.385. The van der Waals surface area contributed by atoms with E-state index in [1.807, 2.05) is 0 Å². The van der Waals surface area contributed by atoms with Crippen LogP contribution in [0.3, 0.4) is 0 Å². The summed E-state index contributed by atoms with van der Waals surface area (Å²) in [5, 5.41) is 11.7. The molecule has 1 aliphatic rings. The van der Waals surface area contributed by atoms with E-state index in [4.69, 9.17) is 5.21 Å². The van der Waals surface area contributed by atoms with Crippen LogP contribution in [0.25, 0.3) is 0 Å². The summed E-state index contributed by atoms with van der Waals surface area (Å²) in [6, 6.07) is 2.39. The summed E-state index contributed by atoms with van der Waals surface area (Å²) in [6.45, 7) is 2.08. The van der Waals surface area contributed by atoms with Crippen LogP contribution in [0.2, 0.25) is 0 Å². The number of piperidine rings is 1. The van der Waals surface area contributed by atoms with Crippen LogP contribution in [0.15, 0.2) is 17.3 Å². The Hall–Kier alpha value is -1.98. The fourth-order valence-corrected chi connectivity index (χ4v) is 2.08. The molecule has 1 aromatic carbocycles. The molecule has 1 heterocycles. The molecule has 6 heteroatoms. The van der Waals surface area contributed by atoms with Gasteiger partial charge in [0.15, 0.2) is 0 Å². The number of hydrogen-bond acceptors (Lipinski definition) is 3. The van der Waals surface area contributed by atoms with Crippen LogP contribution in [0.5, 0.6) is 0 Å². The Morgan fingerprint density at radius 1 is 1.32 bits per heavy atom. The van der Waals surface area contributed by atoms with E-state index in [2.05, 4.69) is 5.16 Å². The summed E-state index contributed by atoms with van der Waals surface area (Å²) < 4.78 is 27.5. The van der Waals surface area contributed by atoms with Crippen LogP contribution >= 0.6 is 0 Å². The molecule has 1 aromatic rings. The first-order valence-corrected chi connectivity index (χ1v) is 5.98. The maximum Gasteiger partial charge on any atom is 0.259 e. The van der Waals surface area contributed by atoms with Gasteiger partial charge in [0.05, 0.1) is 5.71 Å². The largest absolute Gasteiger partial charge is 0.411 e. The van der Waals surface area contributed by atoms with Gasteiger partial charge in [0, 0.05) is 25.9 Å². The van der Waals surface area contributed by atoms with E-state index >= 15 is 0 Å². The SMILES string of the molecule is Cc1ccc(F)c(C(=O)N2CCC(=NO)CC2)c1F. The lowest BCUT2D eigenvalue weighted by Gasteiger charge is -2.27. The number of rotatable bonds is 1. The molecule has 1 saturated heterocycles. The zero-order valence-corrected chi connectivity index (χ0v) is 10.5. The summed E-state index contributed by atoms with van der Waals surface area (Å²) in [7, 11) is 0. The molecular formula is C13H14F2N2O2. The van der Waals surface area contributed by atoms with E-state index in [1.54, 1.807) is 0 Å². The summed E-state index contributed by atoms with van der Waals surface area (Å²) in [4.78, 5) is 13.5. The second-order valence-corrected chi connectivity index (χ2v) is 4.51. The number of carbonyl (C=O) groups excluding carboxylic acids is 1. The van der Waals surface area contributed by atoms with Crippen molar-refractivity contribution in [2.24, 2.45) is 5.16 Å². The molecule has 1 amide bonds. The zero-order valence-electron chi connectivity index (χ0n) is 10.5. The van der Waals surface area contributed by atoms with Crippen LogP contribution in [0, 0.1) is 18.6 Å². The number of benzene rings is 1. The van der Waals surface area contributed by atoms with E-state index in [0.29, 0.717) is 31.6 Å². The quantitative estimate of drug-likeness (QED) is 0.628. The topological polar surface area (TPSA) is 52.9 Å². The Balaban J connectivity index is 2.24. The molecule has 4 nitrogen and oxygen atoms in total. The van der Waals surface area contributed by atoms with Crippen molar-refractivity contribution in [2.45, 2.75) is 19.8 Å². The van der Waals surface area contributed by atoms with Crippen molar-refractivity contribution < 1.29 is 18.8 Å². The molecule has 0 radical (unpaired) electrons. The number of oxime groups is 1. The molecule has 1 fully saturated rings. The zero-order chi connectivity index (χ0) is 14.0. The van der Waals surface area contributed by atoms with Crippen molar-refractivity contribution in [1.82, 2.24) is 4.90 Å². The van der Waals surface area contributed by atoms with Gasteiger partial charge in [-0.25, -0.2) is 8.78 Å². The average Bonchev–Trinajstić information content (AvgIpc) is 2.43. The van der Waals surface area contributed by atoms with E-state index in [1.165, 1.54) is 17.9 Å². The average molecular weight is 268 g/mol. The van der Waals surface area contributed by atoms with Gasteiger partial charge in [0.25, 0.3) is 5.91 Å². The monoisotopic (exact) mass is 268 g/mol. The highest BCUT2D eigenvalue weighted by Crippen LogP contribution is 2.20. The Morgan fingerprint density at radius 3 is 2.53 bits per heavy atom. The third-order valence-electron chi connectivity index (χ3n) is 3.27. The van der Waals surface area contributed by atoms with Gasteiger partial charge in [0.1, 0.15) is 17.2 Å². The van der Waals surface area contributed by atoms with Crippen LogP contribution < -0.4 is 0 Å². The minimum atomic E-state index is -0.852. The number of hydrogen-bond donors (Lipinski definition) is 1. The highest BCUT2D eigenvalue weighted by molar-refractivity contribution is 5.96. The molecule has 1 N–H and O–H groups in total. The molecule has 102 valence electrons. The summed E-state index contributed by atoms with van der Waals surface area (Å²) in [5.41, 5.74) is 0.318. The van der Waals surface area contributed by atoms with Crippen molar-refractivity contribution in [3.8, 4) is 0 Å². The number of carbonyl (C=O) groups is 1. The second-order valence-electron chi connectivity index (χ2n) is 4.51. The van der Waals surface area contributed by atoms with Crippen LogP contribution in [0.1, 0.15) is 28.8 Å². The Morgan fingerprint density at radius 2 is 1.95 bits per heavy atom. The predicted molar refractivity (Wildman–Crippen MR) is 65.5 cm³/mol. The van der Waals surface area contributed by atoms with Gasteiger partial charge in [-0.15, -0.1) is 0 Å². The second kappa shape index (κ2) is 5.34. The summed E-state index contributed by atoms with van der Waals surface area (Å²) in [5.74, 6) is -2.32. The molecule has 1 aliphatic heterocycles. The van der Waals surface area contributed by atoms with Gasteiger partial charge in [-0.3, -0.25) is 4.79 Å². The van der Waals surface area contributed by atoms with Crippen LogP contribution in [-0.2, 0) is 0 Å². The molecule has 2 rings (SSSR count). The first kappa shape index (κ1) is 13.5. The lowest BCUT2D eigenvalue weighted by Crippen LogP contribution is -2.39. The maximum atomic E-state index is 13.9. The van der Waals surface area contributed by atoms with Crippen LogP contribution in [-0.4, -0.2) is 34.8 Å². The lowest BCUT2D eigenvalue weighted by atomic mass is 10.0. The molecule has 19 heavy (non-hydrogen) atoms. The summed E-state index contributed by atoms with van der Waals surface area (Å²) in [6.07, 6.45) is 0.828. The molecule has 0 bridgehead atoms. The molecule has 0 unspecified atom stereocenters. The highest BCUT2D eigenvalue weighted by atomic mass is 19.1. The Bertz CT molecular complexity index is 534. The van der Waals surface area contributed by atoms with Gasteiger partial charge in [0.2, 0.25) is 0 Å². The van der Waals surface area contributed by atoms with E-state index in [0.717, 1.165) is 6.07 Å². The molecule has 0 saturated carbocycles. The lowest BCUT2D eigenvalue weighted by molar-refractivity contribution is 0.0743. The molecule has 0 spiro atoms. The molecular weight excluding hydrogens is 254 g/mol. The van der Waals surface area contributed by atoms with Crippen molar-refractivity contribution in [2.75, 3.05) is 13.1 Å². The number of likely N-dealkylation sites (tertiary alicyclic amines) is 1. The predicted octanol–water partition coefficient (Wildman–Crippen LogP) is 2.34. The van der Waals surface area contributed by atoms with Crippen molar-refractivity contribution >= 4 is 11.6 Å². The highest BCUT2D eigenvalue weighted by Gasteiger charge is 2.26. The maximum absolute atomic E-state index is 13.9. The van der Waals surface area contributed by atoms with Crippen molar-refractivity contribution in [3.05, 3.63) is 34.9 Å². The first-order chi connectivity index (χ1) is 9.04. The minimum Gasteiger partial charge on any atom is -0.411 e. The molecule has 0 aromatic heterocycles. The molecule has 0 aliphatic carbocycles. The van der Waals surface area contributed by atoms with Crippen LogP contribution in [0.4, 0.5) is 8.78 Å². The van der Waals surface area contributed by atoms with E-state index in [9.17, 15) is 13.6 Å². The first-order valence-electron chi connectivity index (χ1n) is 5.98. The van der Waals surface area contributed by atoms with Gasteiger partial charge < -0.3 is 10.1 Å². The Kier molecular flexibility index (Phi) is 3.78. The third kappa shape index (κ3) is 2.57. The van der Waals surface area contributed by atoms with E-state index < -0.39 is 23.1 Å². The number of halogens is 2. The standard InChI is InChI=1S/C13H14F2N2O2/c1-8-2-3-10(14)11(12(8)15)13(18)17-6-4-9(16-19)5-7-17/h2-3,19H,4-7H2,1H3. The normalized spacial score (nSPS) is 15.5. The summed E-state index contributed by atoms with van der Waals surface area (Å²) >= 11 is 0. The van der Waals surface area contributed by atoms with Gasteiger partial charge in [-0.2, -0.15) is 0 Å². The number of amides is 1. The number of nitrogens with zero attached hydrogens (tertiary/aromatic N) is 2. The van der Waals surface area contributed by atoms with E-state index in [-0.39, 0.29) is 5.56 Å². The van der Waals surface area contributed by atoms with Gasteiger partial charge in [-0.05, 0) is 18.6 Å². The smallest absolute Gasteiger partial charge is 0.259 e. The van der Waals surface area contributed by atoms with Crippen molar-refractivity contribution in [1.29, 1.82) is 0 Å². The van der Waals surface area contributed by atoms with Gasteiger partial charge in [-0.1, -0.05) is 11.2 Å². The molecule has 0 atom stereocenters. The Labute approximate surface area is 109 Å². The number of aryl methyl sites for hydroxylation is 1. The third-order valence-corrected chi connectivity index (χ3v) is 3.27.